The van der Waals surface area contributed by atoms with Crippen LogP contribution in [0.4, 0.5) is 5.69 Å². The second-order valence-corrected chi connectivity index (χ2v) is 6.15. The number of amides is 1. The molecule has 2 aromatic rings. The molecular weight excluding hydrogens is 332 g/mol. The van der Waals surface area contributed by atoms with Gasteiger partial charge in [0.25, 0.3) is 0 Å². The van der Waals surface area contributed by atoms with Gasteiger partial charge in [0.2, 0.25) is 5.91 Å². The smallest absolute Gasteiger partial charge is 0.307 e. The first kappa shape index (κ1) is 16.5. The van der Waals surface area contributed by atoms with Crippen LogP contribution >= 0.6 is 12.4 Å². The van der Waals surface area contributed by atoms with Crippen molar-refractivity contribution >= 4 is 41.0 Å². The molecule has 1 aromatic heterocycles. The Morgan fingerprint density at radius 1 is 1.25 bits per heavy atom. The van der Waals surface area contributed by atoms with Crippen LogP contribution in [0.3, 0.4) is 0 Å². The predicted molar refractivity (Wildman–Crippen MR) is 90.4 cm³/mol. The summed E-state index contributed by atoms with van der Waals surface area (Å²) in [5.74, 6) is 3.30. The van der Waals surface area contributed by atoms with E-state index >= 15 is 0 Å². The highest BCUT2D eigenvalue weighted by molar-refractivity contribution is 5.98. The van der Waals surface area contributed by atoms with Gasteiger partial charge in [-0.3, -0.25) is 9.59 Å². The molecule has 1 amide bonds. The molecule has 0 aliphatic heterocycles. The van der Waals surface area contributed by atoms with Crippen LogP contribution in [0, 0.1) is 23.7 Å². The number of halogens is 1. The summed E-state index contributed by atoms with van der Waals surface area (Å²) < 4.78 is 0. The molecule has 2 bridgehead atoms. The summed E-state index contributed by atoms with van der Waals surface area (Å²) in [6.45, 7) is 0. The topological polar surface area (TPSA) is 112 Å². The van der Waals surface area contributed by atoms with Crippen LogP contribution in [-0.2, 0) is 9.59 Å². The normalized spacial score (nSPS) is 27.2. The minimum Gasteiger partial charge on any atom is -0.481 e. The van der Waals surface area contributed by atoms with Crippen LogP contribution in [-0.4, -0.2) is 27.0 Å². The van der Waals surface area contributed by atoms with E-state index in [0.29, 0.717) is 12.1 Å². The van der Waals surface area contributed by atoms with Gasteiger partial charge in [-0.05, 0) is 36.5 Å². The van der Waals surface area contributed by atoms with Gasteiger partial charge in [-0.1, -0.05) is 12.2 Å². The average Bonchev–Trinajstić information content (AvgIpc) is 3.26. The summed E-state index contributed by atoms with van der Waals surface area (Å²) >= 11 is 0. The Kier molecular flexibility index (Phi) is 4.06. The summed E-state index contributed by atoms with van der Waals surface area (Å²) in [5.41, 5.74) is 2.07. The number of rotatable bonds is 3. The number of imidazole rings is 1. The fourth-order valence-corrected chi connectivity index (χ4v) is 3.86. The SMILES string of the molecule is Cl.NN(C(=O)[C@@H]1C2C=CC(C2)[C@@H]1C(=O)O)c1ccc2nc[nH]c2c1. The van der Waals surface area contributed by atoms with Crippen molar-refractivity contribution in [3.63, 3.8) is 0 Å². The van der Waals surface area contributed by atoms with Gasteiger partial charge in [0.1, 0.15) is 0 Å². The Bertz CT molecular complexity index is 834. The van der Waals surface area contributed by atoms with E-state index in [1.54, 1.807) is 24.5 Å². The summed E-state index contributed by atoms with van der Waals surface area (Å²) in [7, 11) is 0. The first-order valence-corrected chi connectivity index (χ1v) is 7.49. The van der Waals surface area contributed by atoms with Gasteiger partial charge in [0.15, 0.2) is 0 Å². The van der Waals surface area contributed by atoms with Gasteiger partial charge >= 0.3 is 5.97 Å². The number of H-pyrrole nitrogens is 1. The maximum absolute atomic E-state index is 12.8. The average molecular weight is 349 g/mol. The highest BCUT2D eigenvalue weighted by Crippen LogP contribution is 2.48. The maximum Gasteiger partial charge on any atom is 0.307 e. The van der Waals surface area contributed by atoms with Crippen LogP contribution in [0.1, 0.15) is 6.42 Å². The molecule has 1 aromatic carbocycles. The van der Waals surface area contributed by atoms with Gasteiger partial charge in [0.05, 0.1) is 34.9 Å². The third-order valence-corrected chi connectivity index (χ3v) is 4.95. The molecule has 4 atom stereocenters. The molecule has 2 aliphatic carbocycles. The van der Waals surface area contributed by atoms with E-state index in [1.165, 1.54) is 0 Å². The van der Waals surface area contributed by atoms with Crippen molar-refractivity contribution in [2.45, 2.75) is 6.42 Å². The molecule has 0 saturated heterocycles. The highest BCUT2D eigenvalue weighted by atomic mass is 35.5. The fourth-order valence-electron chi connectivity index (χ4n) is 3.86. The van der Waals surface area contributed by atoms with E-state index in [0.717, 1.165) is 16.0 Å². The number of nitrogens with two attached hydrogens (primary N) is 1. The van der Waals surface area contributed by atoms with Crippen LogP contribution in [0.2, 0.25) is 0 Å². The first-order valence-electron chi connectivity index (χ1n) is 7.49. The molecule has 2 aliphatic rings. The minimum atomic E-state index is -0.933. The number of aromatic amines is 1. The molecule has 126 valence electrons. The molecule has 4 N–H and O–H groups in total. The van der Waals surface area contributed by atoms with Gasteiger partial charge in [-0.25, -0.2) is 15.8 Å². The van der Waals surface area contributed by atoms with Gasteiger partial charge in [-0.2, -0.15) is 0 Å². The summed E-state index contributed by atoms with van der Waals surface area (Å²) in [5, 5.41) is 10.5. The van der Waals surface area contributed by atoms with Crippen LogP contribution in [0.15, 0.2) is 36.7 Å². The van der Waals surface area contributed by atoms with Gasteiger partial charge in [0, 0.05) is 0 Å². The number of nitrogens with zero attached hydrogens (tertiary/aromatic N) is 2. The lowest BCUT2D eigenvalue weighted by Crippen LogP contribution is -2.46. The Morgan fingerprint density at radius 3 is 2.67 bits per heavy atom. The number of benzene rings is 1. The molecule has 24 heavy (non-hydrogen) atoms. The van der Waals surface area contributed by atoms with Crippen molar-refractivity contribution in [3.05, 3.63) is 36.7 Å². The van der Waals surface area contributed by atoms with E-state index in [1.807, 2.05) is 12.2 Å². The van der Waals surface area contributed by atoms with Gasteiger partial charge in [-0.15, -0.1) is 12.4 Å². The van der Waals surface area contributed by atoms with Crippen molar-refractivity contribution in [1.82, 2.24) is 9.97 Å². The molecule has 0 radical (unpaired) electrons. The first-order chi connectivity index (χ1) is 11.1. The lowest BCUT2D eigenvalue weighted by atomic mass is 9.82. The zero-order valence-electron chi connectivity index (χ0n) is 12.6. The second kappa shape index (κ2) is 5.92. The van der Waals surface area contributed by atoms with Crippen molar-refractivity contribution in [3.8, 4) is 0 Å². The van der Waals surface area contributed by atoms with E-state index in [2.05, 4.69) is 9.97 Å². The number of carbonyl (C=O) groups excluding carboxylic acids is 1. The number of allylic oxidation sites excluding steroid dienone is 2. The largest absolute Gasteiger partial charge is 0.481 e. The van der Waals surface area contributed by atoms with E-state index in [-0.39, 0.29) is 30.2 Å². The Morgan fingerprint density at radius 2 is 1.96 bits per heavy atom. The van der Waals surface area contributed by atoms with Crippen molar-refractivity contribution in [2.75, 3.05) is 5.01 Å². The summed E-state index contributed by atoms with van der Waals surface area (Å²) in [6.07, 6.45) is 6.13. The molecule has 0 spiro atoms. The van der Waals surface area contributed by atoms with E-state index < -0.39 is 17.8 Å². The lowest BCUT2D eigenvalue weighted by molar-refractivity contribution is -0.147. The Labute approximate surface area is 143 Å². The number of nitrogens with one attached hydrogen (secondary N) is 1. The van der Waals surface area contributed by atoms with Crippen molar-refractivity contribution in [1.29, 1.82) is 0 Å². The molecule has 7 nitrogen and oxygen atoms in total. The predicted octanol–water partition coefficient (Wildman–Crippen LogP) is 1.71. The third kappa shape index (κ3) is 2.37. The summed E-state index contributed by atoms with van der Waals surface area (Å²) in [4.78, 5) is 31.4. The molecule has 4 rings (SSSR count). The number of carboxylic acids is 1. The molecule has 1 saturated carbocycles. The van der Waals surface area contributed by atoms with Crippen LogP contribution < -0.4 is 10.9 Å². The number of aromatic nitrogens is 2. The standard InChI is InChI=1S/C16H16N4O3.ClH/c17-20(10-3-4-11-12(6-10)19-7-18-11)15(21)13-8-1-2-9(5-8)14(13)16(22)23;/h1-4,6-9,13-14H,5,17H2,(H,18,19)(H,22,23);1H/t8?,9?,13-,14+;/m1./s1. The molecule has 8 heteroatoms. The Balaban J connectivity index is 0.00000169. The lowest BCUT2D eigenvalue weighted by Gasteiger charge is -2.28. The number of hydrogen-bond donors (Lipinski definition) is 3. The maximum atomic E-state index is 12.8. The van der Waals surface area contributed by atoms with Crippen molar-refractivity contribution in [2.24, 2.45) is 29.5 Å². The fraction of sp³-hybridized carbons (Fsp3) is 0.312. The van der Waals surface area contributed by atoms with Gasteiger partial charge < -0.3 is 10.1 Å². The number of aliphatic carboxylic acids is 1. The quantitative estimate of drug-likeness (QED) is 0.338. The zero-order chi connectivity index (χ0) is 16.1. The number of carbonyl (C=O) groups is 2. The third-order valence-electron chi connectivity index (χ3n) is 4.95. The molecule has 2 unspecified atom stereocenters. The number of anilines is 1. The monoisotopic (exact) mass is 348 g/mol. The molecular formula is C16H17ClN4O3. The summed E-state index contributed by atoms with van der Waals surface area (Å²) in [6, 6.07) is 5.21. The Hall–Kier alpha value is -2.38. The van der Waals surface area contributed by atoms with E-state index in [9.17, 15) is 14.7 Å². The number of carboxylic acid groups (broad SMARTS) is 1. The number of hydrazine groups is 1. The van der Waals surface area contributed by atoms with Crippen LogP contribution in [0.25, 0.3) is 11.0 Å². The van der Waals surface area contributed by atoms with Crippen molar-refractivity contribution < 1.29 is 14.7 Å². The molecule has 1 heterocycles. The second-order valence-electron chi connectivity index (χ2n) is 6.15. The molecule has 1 fully saturated rings. The van der Waals surface area contributed by atoms with Crippen LogP contribution in [0.5, 0.6) is 0 Å². The van der Waals surface area contributed by atoms with E-state index in [4.69, 9.17) is 5.84 Å². The number of fused-ring (bicyclic) bond motifs is 3. The number of hydrogen-bond acceptors (Lipinski definition) is 4. The zero-order valence-corrected chi connectivity index (χ0v) is 13.4. The minimum absolute atomic E-state index is 0. The highest BCUT2D eigenvalue weighted by Gasteiger charge is 2.52.